The Balaban J connectivity index is 1.02. The van der Waals surface area contributed by atoms with Crippen LogP contribution in [0.4, 0.5) is 10.5 Å². The Morgan fingerprint density at radius 3 is 2.52 bits per heavy atom. The third-order valence-corrected chi connectivity index (χ3v) is 7.90. The molecule has 0 aliphatic carbocycles. The minimum atomic E-state index is -1.09. The van der Waals surface area contributed by atoms with Gasteiger partial charge >= 0.3 is 6.09 Å². The van der Waals surface area contributed by atoms with E-state index in [9.17, 15) is 24.9 Å². The lowest BCUT2D eigenvalue weighted by Crippen LogP contribution is -2.21. The van der Waals surface area contributed by atoms with Gasteiger partial charge in [0.05, 0.1) is 23.9 Å². The number of aromatic amines is 1. The lowest BCUT2D eigenvalue weighted by molar-refractivity contribution is 0.176. The average Bonchev–Trinajstić information content (AvgIpc) is 3.46. The first-order valence-corrected chi connectivity index (χ1v) is 15.1. The minimum Gasteiger partial charge on any atom is -0.506 e. The number of aryl methyl sites for hydroxylation is 2. The molecular weight excluding hydrogens is 584 g/mol. The van der Waals surface area contributed by atoms with Crippen molar-refractivity contribution in [1.82, 2.24) is 25.3 Å². The summed E-state index contributed by atoms with van der Waals surface area (Å²) in [6.45, 7) is 1.43. The lowest BCUT2D eigenvalue weighted by Gasteiger charge is -2.15. The maximum absolute atomic E-state index is 11.7. The number of phenols is 1. The summed E-state index contributed by atoms with van der Waals surface area (Å²) in [4.78, 5) is 27.4. The quantitative estimate of drug-likeness (QED) is 0.0967. The molecule has 0 radical (unpaired) electrons. The molecule has 2 heterocycles. The van der Waals surface area contributed by atoms with Crippen LogP contribution in [0, 0.1) is 0 Å². The molecule has 0 fully saturated rings. The van der Waals surface area contributed by atoms with Crippen LogP contribution >= 0.6 is 0 Å². The van der Waals surface area contributed by atoms with Crippen LogP contribution in [0.3, 0.4) is 0 Å². The van der Waals surface area contributed by atoms with E-state index in [1.807, 2.05) is 66.7 Å². The van der Waals surface area contributed by atoms with Gasteiger partial charge in [-0.25, -0.2) is 4.79 Å². The second-order valence-corrected chi connectivity index (χ2v) is 11.2. The number of nitrogens with one attached hydrogen (secondary N) is 3. The molecule has 6 N–H and O–H groups in total. The topological polar surface area (TPSA) is 165 Å². The van der Waals surface area contributed by atoms with E-state index in [4.69, 9.17) is 0 Å². The van der Waals surface area contributed by atoms with Crippen molar-refractivity contribution in [3.63, 3.8) is 0 Å². The van der Waals surface area contributed by atoms with Crippen LogP contribution in [-0.2, 0) is 19.5 Å². The predicted octanol–water partition coefficient (Wildman–Crippen LogP) is 5.58. The van der Waals surface area contributed by atoms with Gasteiger partial charge in [0.2, 0.25) is 5.56 Å². The second kappa shape index (κ2) is 13.6. The summed E-state index contributed by atoms with van der Waals surface area (Å²) in [5.41, 5.74) is 6.59. The summed E-state index contributed by atoms with van der Waals surface area (Å²) in [6, 6.07) is 27.6. The summed E-state index contributed by atoms with van der Waals surface area (Å²) in [6.07, 6.45) is 0.600. The van der Waals surface area contributed by atoms with E-state index in [2.05, 4.69) is 25.8 Å². The molecule has 234 valence electrons. The molecular formula is C35H34N6O5. The number of carboxylic acid groups (broad SMARTS) is 1. The lowest BCUT2D eigenvalue weighted by atomic mass is 9.99. The number of pyridine rings is 1. The Bertz CT molecular complexity index is 2060. The average molecular weight is 619 g/mol. The minimum absolute atomic E-state index is 0.0455. The monoisotopic (exact) mass is 618 g/mol. The number of rotatable bonds is 12. The zero-order valence-electron chi connectivity index (χ0n) is 25.0. The molecule has 0 saturated carbocycles. The van der Waals surface area contributed by atoms with Crippen LogP contribution in [0.15, 0.2) is 95.8 Å². The Hall–Kier alpha value is -5.52. The molecule has 1 amide bonds. The maximum atomic E-state index is 11.7. The predicted molar refractivity (Wildman–Crippen MR) is 177 cm³/mol. The number of aromatic nitrogens is 4. The van der Waals surface area contributed by atoms with E-state index in [1.54, 1.807) is 16.9 Å². The number of hydrogen-bond donors (Lipinski definition) is 6. The van der Waals surface area contributed by atoms with Gasteiger partial charge in [0.25, 0.3) is 0 Å². The van der Waals surface area contributed by atoms with Gasteiger partial charge in [-0.1, -0.05) is 54.6 Å². The Kier molecular flexibility index (Phi) is 9.04. The van der Waals surface area contributed by atoms with Gasteiger partial charge in [-0.3, -0.25) is 10.1 Å². The molecule has 0 spiro atoms. The number of aliphatic hydroxyl groups excluding tert-OH is 1. The Morgan fingerprint density at radius 2 is 1.70 bits per heavy atom. The van der Waals surface area contributed by atoms with Crippen molar-refractivity contribution in [3.05, 3.63) is 118 Å². The fourth-order valence-corrected chi connectivity index (χ4v) is 5.64. The Labute approximate surface area is 264 Å². The molecule has 6 aromatic rings. The molecule has 2 aromatic heterocycles. The van der Waals surface area contributed by atoms with Crippen LogP contribution in [0.1, 0.15) is 35.6 Å². The molecule has 6 rings (SSSR count). The molecule has 1 atom stereocenters. The number of amides is 1. The van der Waals surface area contributed by atoms with E-state index in [-0.39, 0.29) is 17.9 Å². The zero-order valence-corrected chi connectivity index (χ0v) is 25.0. The Morgan fingerprint density at radius 1 is 0.891 bits per heavy atom. The SMILES string of the molecule is O=C(O)Nc1cc(CCCCn2nc3ccc(CNC[C@H](O)c4ccc(O)c5[nH]c(=O)ccc45)cc3n2)ccc1-c1ccccc1. The van der Waals surface area contributed by atoms with Crippen LogP contribution in [0.5, 0.6) is 5.75 Å². The second-order valence-electron chi connectivity index (χ2n) is 11.2. The number of benzene rings is 4. The van der Waals surface area contributed by atoms with Gasteiger partial charge in [-0.05, 0) is 71.8 Å². The molecule has 46 heavy (non-hydrogen) atoms. The van der Waals surface area contributed by atoms with Crippen LogP contribution in [0.2, 0.25) is 0 Å². The number of fused-ring (bicyclic) bond motifs is 2. The highest BCUT2D eigenvalue weighted by atomic mass is 16.4. The maximum Gasteiger partial charge on any atom is 0.409 e. The largest absolute Gasteiger partial charge is 0.506 e. The molecule has 0 aliphatic rings. The highest BCUT2D eigenvalue weighted by molar-refractivity contribution is 5.91. The van der Waals surface area contributed by atoms with Crippen molar-refractivity contribution in [2.24, 2.45) is 0 Å². The molecule has 11 nitrogen and oxygen atoms in total. The normalized spacial score (nSPS) is 12.0. The first kappa shape index (κ1) is 30.5. The standard InChI is InChI=1S/C35H34N6O5/c42-31-15-12-26(27-13-16-33(44)38-34(27)31)32(43)21-36-20-23-10-14-28-30(19-23)40-41(39-28)17-5-4-6-22-9-11-25(24-7-2-1-3-8-24)29(18-22)37-35(45)46/h1-3,7-16,18-19,32,36-37,42-43H,4-6,17,20-21H2,(H,38,44)(H,45,46)/t32-/m0/s1. The summed E-state index contributed by atoms with van der Waals surface area (Å²) >= 11 is 0. The molecule has 0 aliphatic heterocycles. The number of carbonyl (C=O) groups is 1. The van der Waals surface area contributed by atoms with E-state index >= 15 is 0 Å². The molecule has 0 unspecified atom stereocenters. The van der Waals surface area contributed by atoms with E-state index in [1.165, 1.54) is 12.1 Å². The highest BCUT2D eigenvalue weighted by Gasteiger charge is 2.14. The number of aliphatic hydroxyl groups is 1. The van der Waals surface area contributed by atoms with E-state index in [0.717, 1.165) is 52.5 Å². The smallest absolute Gasteiger partial charge is 0.409 e. The number of hydrogen-bond acceptors (Lipinski definition) is 7. The summed E-state index contributed by atoms with van der Waals surface area (Å²) in [7, 11) is 0. The van der Waals surface area contributed by atoms with Gasteiger partial charge in [0, 0.05) is 30.1 Å². The van der Waals surface area contributed by atoms with Crippen LogP contribution in [0.25, 0.3) is 33.1 Å². The van der Waals surface area contributed by atoms with Crippen molar-refractivity contribution in [3.8, 4) is 16.9 Å². The number of nitrogens with zero attached hydrogens (tertiary/aromatic N) is 3. The van der Waals surface area contributed by atoms with Crippen molar-refractivity contribution < 1.29 is 20.1 Å². The highest BCUT2D eigenvalue weighted by Crippen LogP contribution is 2.30. The summed E-state index contributed by atoms with van der Waals surface area (Å²) < 4.78 is 0. The summed E-state index contributed by atoms with van der Waals surface area (Å²) in [5.74, 6) is -0.0455. The molecule has 11 heteroatoms. The van der Waals surface area contributed by atoms with E-state index < -0.39 is 12.2 Å². The number of aromatic hydroxyl groups is 1. The number of anilines is 1. The van der Waals surface area contributed by atoms with E-state index in [0.29, 0.717) is 35.2 Å². The van der Waals surface area contributed by atoms with Gasteiger partial charge in [-0.15, -0.1) is 0 Å². The number of phenolic OH excluding ortho intramolecular Hbond substituents is 1. The van der Waals surface area contributed by atoms with Crippen molar-refractivity contribution in [2.45, 2.75) is 38.5 Å². The van der Waals surface area contributed by atoms with Crippen LogP contribution in [-0.4, -0.2) is 47.9 Å². The van der Waals surface area contributed by atoms with Crippen molar-refractivity contribution in [2.75, 3.05) is 11.9 Å². The van der Waals surface area contributed by atoms with Crippen molar-refractivity contribution in [1.29, 1.82) is 0 Å². The van der Waals surface area contributed by atoms with Crippen molar-refractivity contribution >= 4 is 33.7 Å². The zero-order chi connectivity index (χ0) is 32.0. The van der Waals surface area contributed by atoms with Gasteiger partial charge < -0.3 is 25.6 Å². The first-order valence-electron chi connectivity index (χ1n) is 15.1. The van der Waals surface area contributed by atoms with Gasteiger partial charge in [0.15, 0.2) is 0 Å². The fraction of sp³-hybridized carbons (Fsp3) is 0.200. The number of unbranched alkanes of at least 4 members (excludes halogenated alkanes) is 1. The van der Waals surface area contributed by atoms with Gasteiger partial charge in [0.1, 0.15) is 16.8 Å². The molecule has 0 saturated heterocycles. The van der Waals surface area contributed by atoms with Gasteiger partial charge in [-0.2, -0.15) is 15.0 Å². The third-order valence-electron chi connectivity index (χ3n) is 7.90. The molecule has 4 aromatic carbocycles. The first-order chi connectivity index (χ1) is 22.3. The third kappa shape index (κ3) is 7.06. The molecule has 0 bridgehead atoms. The van der Waals surface area contributed by atoms with Crippen LogP contribution < -0.4 is 16.2 Å². The number of H-pyrrole nitrogens is 1. The fourth-order valence-electron chi connectivity index (χ4n) is 5.64. The summed E-state index contributed by atoms with van der Waals surface area (Å²) in [5, 5.41) is 45.9.